The Kier molecular flexibility index (Phi) is 6.01. The van der Waals surface area contributed by atoms with Gasteiger partial charge in [-0.15, -0.1) is 0 Å². The molecule has 3 rings (SSSR count). The van der Waals surface area contributed by atoms with Crippen molar-refractivity contribution in [2.75, 3.05) is 11.4 Å². The van der Waals surface area contributed by atoms with Crippen LogP contribution in [0.25, 0.3) is 0 Å². The molecule has 0 saturated heterocycles. The fourth-order valence-electron chi connectivity index (χ4n) is 3.13. The standard InChI is InChI=1S/C23H24N2O5/c1-13(2)12-24-20(26)15(4)30-23(29)16-9-10-17-18(11-16)22(28)25(21(17)27)19-8-6-5-7-14(19)3/h5-11,13,15H,12H2,1-4H3,(H,24,26)/t15-/m1/s1. The summed E-state index contributed by atoms with van der Waals surface area (Å²) in [4.78, 5) is 51.3. The average Bonchev–Trinajstić information content (AvgIpc) is 2.96. The molecule has 1 heterocycles. The minimum Gasteiger partial charge on any atom is -0.449 e. The summed E-state index contributed by atoms with van der Waals surface area (Å²) in [6.45, 7) is 7.69. The molecule has 0 fully saturated rings. The summed E-state index contributed by atoms with van der Waals surface area (Å²) >= 11 is 0. The van der Waals surface area contributed by atoms with Crippen molar-refractivity contribution in [3.63, 3.8) is 0 Å². The first-order valence-corrected chi connectivity index (χ1v) is 9.78. The minimum absolute atomic E-state index is 0.102. The first-order valence-electron chi connectivity index (χ1n) is 9.78. The van der Waals surface area contributed by atoms with Crippen LogP contribution in [0.4, 0.5) is 5.69 Å². The fraction of sp³-hybridized carbons (Fsp3) is 0.304. The van der Waals surface area contributed by atoms with Crippen molar-refractivity contribution >= 4 is 29.4 Å². The van der Waals surface area contributed by atoms with Gasteiger partial charge < -0.3 is 10.1 Å². The molecule has 1 N–H and O–H groups in total. The Hall–Kier alpha value is -3.48. The number of esters is 1. The first-order chi connectivity index (χ1) is 14.2. The molecule has 0 spiro atoms. The summed E-state index contributed by atoms with van der Waals surface area (Å²) in [5.41, 5.74) is 1.75. The second-order valence-electron chi connectivity index (χ2n) is 7.68. The molecule has 30 heavy (non-hydrogen) atoms. The number of para-hydroxylation sites is 1. The van der Waals surface area contributed by atoms with Crippen LogP contribution in [0.1, 0.15) is 57.4 Å². The summed E-state index contributed by atoms with van der Waals surface area (Å²) in [5.74, 6) is -1.80. The van der Waals surface area contributed by atoms with E-state index in [1.54, 1.807) is 12.1 Å². The molecule has 0 unspecified atom stereocenters. The maximum Gasteiger partial charge on any atom is 0.338 e. The van der Waals surface area contributed by atoms with E-state index in [-0.39, 0.29) is 22.6 Å². The van der Waals surface area contributed by atoms with Crippen LogP contribution < -0.4 is 10.2 Å². The topological polar surface area (TPSA) is 92.8 Å². The quantitative estimate of drug-likeness (QED) is 0.586. The number of anilines is 1. The second kappa shape index (κ2) is 8.49. The van der Waals surface area contributed by atoms with E-state index >= 15 is 0 Å². The predicted octanol–water partition coefficient (Wildman–Crippen LogP) is 3.11. The third-order valence-corrected chi connectivity index (χ3v) is 4.82. The summed E-state index contributed by atoms with van der Waals surface area (Å²) in [6.07, 6.45) is -0.981. The zero-order chi connectivity index (χ0) is 22.0. The number of ether oxygens (including phenoxy) is 1. The van der Waals surface area contributed by atoms with Gasteiger partial charge >= 0.3 is 5.97 Å². The van der Waals surface area contributed by atoms with Crippen molar-refractivity contribution in [3.8, 4) is 0 Å². The number of carbonyl (C=O) groups is 4. The molecule has 2 aromatic rings. The number of nitrogens with zero attached hydrogens (tertiary/aromatic N) is 1. The van der Waals surface area contributed by atoms with Gasteiger partial charge in [0, 0.05) is 6.54 Å². The van der Waals surface area contributed by atoms with Gasteiger partial charge in [0.05, 0.1) is 22.4 Å². The number of aryl methyl sites for hydroxylation is 1. The molecule has 0 aromatic heterocycles. The van der Waals surface area contributed by atoms with Crippen LogP contribution in [0.3, 0.4) is 0 Å². The summed E-state index contributed by atoms with van der Waals surface area (Å²) < 4.78 is 5.22. The molecule has 7 heteroatoms. The van der Waals surface area contributed by atoms with Gasteiger partial charge in [-0.1, -0.05) is 32.0 Å². The van der Waals surface area contributed by atoms with Gasteiger partial charge in [-0.3, -0.25) is 14.4 Å². The monoisotopic (exact) mass is 408 g/mol. The largest absolute Gasteiger partial charge is 0.449 e. The lowest BCUT2D eigenvalue weighted by molar-refractivity contribution is -0.129. The molecule has 1 aliphatic rings. The Morgan fingerprint density at radius 1 is 1.00 bits per heavy atom. The zero-order valence-corrected chi connectivity index (χ0v) is 17.4. The molecule has 0 aliphatic carbocycles. The average molecular weight is 408 g/mol. The number of imide groups is 1. The van der Waals surface area contributed by atoms with Crippen LogP contribution in [-0.2, 0) is 9.53 Å². The Bertz CT molecular complexity index is 1030. The van der Waals surface area contributed by atoms with E-state index in [9.17, 15) is 19.2 Å². The van der Waals surface area contributed by atoms with Crippen LogP contribution in [0.5, 0.6) is 0 Å². The molecule has 0 saturated carbocycles. The van der Waals surface area contributed by atoms with Crippen LogP contribution in [-0.4, -0.2) is 36.3 Å². The Morgan fingerprint density at radius 2 is 1.67 bits per heavy atom. The van der Waals surface area contributed by atoms with E-state index in [1.165, 1.54) is 25.1 Å². The molecule has 0 radical (unpaired) electrons. The van der Waals surface area contributed by atoms with Gasteiger partial charge in [0.2, 0.25) is 0 Å². The lowest BCUT2D eigenvalue weighted by Crippen LogP contribution is -2.37. The predicted molar refractivity (Wildman–Crippen MR) is 111 cm³/mol. The van der Waals surface area contributed by atoms with Crippen molar-refractivity contribution in [1.29, 1.82) is 0 Å². The number of nitrogens with one attached hydrogen (secondary N) is 1. The maximum atomic E-state index is 12.9. The summed E-state index contributed by atoms with van der Waals surface area (Å²) in [5, 5.41) is 2.70. The second-order valence-corrected chi connectivity index (χ2v) is 7.68. The van der Waals surface area contributed by atoms with Gasteiger partial charge in [-0.2, -0.15) is 0 Å². The van der Waals surface area contributed by atoms with E-state index in [2.05, 4.69) is 5.32 Å². The Labute approximate surface area is 175 Å². The van der Waals surface area contributed by atoms with Crippen LogP contribution in [0, 0.1) is 12.8 Å². The lowest BCUT2D eigenvalue weighted by Gasteiger charge is -2.16. The van der Waals surface area contributed by atoms with Crippen molar-refractivity contribution in [1.82, 2.24) is 5.32 Å². The van der Waals surface area contributed by atoms with Gasteiger partial charge in [0.25, 0.3) is 17.7 Å². The van der Waals surface area contributed by atoms with Gasteiger partial charge in [0.15, 0.2) is 6.10 Å². The highest BCUT2D eigenvalue weighted by molar-refractivity contribution is 6.34. The molecule has 156 valence electrons. The molecule has 7 nitrogen and oxygen atoms in total. The molecule has 0 bridgehead atoms. The number of carbonyl (C=O) groups excluding carboxylic acids is 4. The summed E-state index contributed by atoms with van der Waals surface area (Å²) in [6, 6.07) is 11.3. The van der Waals surface area contributed by atoms with Crippen molar-refractivity contribution in [2.45, 2.75) is 33.8 Å². The first kappa shape index (κ1) is 21.2. The van der Waals surface area contributed by atoms with E-state index in [0.29, 0.717) is 12.2 Å². The van der Waals surface area contributed by atoms with Crippen molar-refractivity contribution in [2.24, 2.45) is 5.92 Å². The Morgan fingerprint density at radius 3 is 2.33 bits per heavy atom. The molecular formula is C23H24N2O5. The van der Waals surface area contributed by atoms with Crippen molar-refractivity contribution in [3.05, 3.63) is 64.7 Å². The third kappa shape index (κ3) is 4.10. The normalized spacial score (nSPS) is 14.0. The number of rotatable bonds is 6. The van der Waals surface area contributed by atoms with E-state index in [4.69, 9.17) is 4.74 Å². The summed E-state index contributed by atoms with van der Waals surface area (Å²) in [7, 11) is 0. The molecule has 1 atom stereocenters. The molecule has 3 amide bonds. The lowest BCUT2D eigenvalue weighted by atomic mass is 10.1. The van der Waals surface area contributed by atoms with E-state index < -0.39 is 29.8 Å². The Balaban J connectivity index is 1.79. The van der Waals surface area contributed by atoms with Crippen molar-refractivity contribution < 1.29 is 23.9 Å². The molecule has 1 aliphatic heterocycles. The zero-order valence-electron chi connectivity index (χ0n) is 17.4. The molecule has 2 aromatic carbocycles. The maximum absolute atomic E-state index is 12.9. The molecular weight excluding hydrogens is 384 g/mol. The number of benzene rings is 2. The fourth-order valence-corrected chi connectivity index (χ4v) is 3.13. The van der Waals surface area contributed by atoms with Gasteiger partial charge in [-0.05, 0) is 49.6 Å². The van der Waals surface area contributed by atoms with Crippen LogP contribution in [0.15, 0.2) is 42.5 Å². The third-order valence-electron chi connectivity index (χ3n) is 4.82. The van der Waals surface area contributed by atoms with Crippen LogP contribution in [0.2, 0.25) is 0 Å². The van der Waals surface area contributed by atoms with E-state index in [0.717, 1.165) is 10.5 Å². The van der Waals surface area contributed by atoms with Crippen LogP contribution >= 0.6 is 0 Å². The highest BCUT2D eigenvalue weighted by atomic mass is 16.5. The van der Waals surface area contributed by atoms with E-state index in [1.807, 2.05) is 32.9 Å². The highest BCUT2D eigenvalue weighted by Crippen LogP contribution is 2.31. The minimum atomic E-state index is -0.981. The van der Waals surface area contributed by atoms with Gasteiger partial charge in [0.1, 0.15) is 0 Å². The number of hydrogen-bond donors (Lipinski definition) is 1. The number of amides is 3. The number of fused-ring (bicyclic) bond motifs is 1. The SMILES string of the molecule is Cc1ccccc1N1C(=O)c2ccc(C(=O)O[C@H](C)C(=O)NCC(C)C)cc2C1=O. The smallest absolute Gasteiger partial charge is 0.338 e. The number of hydrogen-bond acceptors (Lipinski definition) is 5. The van der Waals surface area contributed by atoms with Gasteiger partial charge in [-0.25, -0.2) is 9.69 Å². The highest BCUT2D eigenvalue weighted by Gasteiger charge is 2.38.